The monoisotopic (exact) mass is 279 g/mol. The van der Waals surface area contributed by atoms with Gasteiger partial charge < -0.3 is 4.90 Å². The minimum atomic E-state index is -0.479. The summed E-state index contributed by atoms with van der Waals surface area (Å²) in [7, 11) is 0. The standard InChI is InChI=1S/C14H21N3OS/c1-4-17-11(16-14(2,3)13(17)18)12-15-9-7-5-6-8-10(9)19-12/h11,16H,4-8H2,1-3H3. The molecule has 4 nitrogen and oxygen atoms in total. The van der Waals surface area contributed by atoms with Crippen LogP contribution in [0.1, 0.15) is 55.4 Å². The normalized spacial score (nSPS) is 25.7. The molecular formula is C14H21N3OS. The van der Waals surface area contributed by atoms with Crippen molar-refractivity contribution < 1.29 is 4.79 Å². The van der Waals surface area contributed by atoms with Gasteiger partial charge in [-0.05, 0) is 46.5 Å². The van der Waals surface area contributed by atoms with Crippen molar-refractivity contribution in [2.45, 2.75) is 58.2 Å². The van der Waals surface area contributed by atoms with E-state index in [1.54, 1.807) is 11.3 Å². The first-order valence-corrected chi connectivity index (χ1v) is 7.92. The number of hydrogen-bond acceptors (Lipinski definition) is 4. The molecule has 1 aliphatic carbocycles. The van der Waals surface area contributed by atoms with Crippen molar-refractivity contribution in [3.63, 3.8) is 0 Å². The van der Waals surface area contributed by atoms with Crippen LogP contribution in [0.3, 0.4) is 0 Å². The van der Waals surface area contributed by atoms with E-state index in [9.17, 15) is 4.79 Å². The Balaban J connectivity index is 1.93. The Morgan fingerprint density at radius 3 is 2.84 bits per heavy atom. The zero-order valence-electron chi connectivity index (χ0n) is 11.8. The zero-order chi connectivity index (χ0) is 13.6. The van der Waals surface area contributed by atoms with Crippen LogP contribution >= 0.6 is 11.3 Å². The number of carbonyl (C=O) groups is 1. The molecule has 2 aliphatic rings. The van der Waals surface area contributed by atoms with Crippen molar-refractivity contribution in [3.05, 3.63) is 15.6 Å². The summed E-state index contributed by atoms with van der Waals surface area (Å²) in [6.45, 7) is 6.66. The number of hydrogen-bond donors (Lipinski definition) is 1. The van der Waals surface area contributed by atoms with Crippen LogP contribution in [-0.2, 0) is 17.6 Å². The number of carbonyl (C=O) groups excluding carboxylic acids is 1. The minimum Gasteiger partial charge on any atom is -0.319 e. The van der Waals surface area contributed by atoms with E-state index in [1.807, 2.05) is 25.7 Å². The second kappa shape index (κ2) is 4.56. The highest BCUT2D eigenvalue weighted by molar-refractivity contribution is 7.11. The first kappa shape index (κ1) is 13.1. The summed E-state index contributed by atoms with van der Waals surface area (Å²) in [5.41, 5.74) is 0.786. The molecule has 19 heavy (non-hydrogen) atoms. The van der Waals surface area contributed by atoms with Gasteiger partial charge in [-0.15, -0.1) is 11.3 Å². The van der Waals surface area contributed by atoms with Gasteiger partial charge in [0.25, 0.3) is 0 Å². The van der Waals surface area contributed by atoms with Gasteiger partial charge >= 0.3 is 0 Å². The maximum Gasteiger partial charge on any atom is 0.243 e. The fraction of sp³-hybridized carbons (Fsp3) is 0.714. The van der Waals surface area contributed by atoms with Crippen LogP contribution in [0.25, 0.3) is 0 Å². The Kier molecular flexibility index (Phi) is 3.14. The van der Waals surface area contributed by atoms with Crippen molar-refractivity contribution in [1.29, 1.82) is 0 Å². The average molecular weight is 279 g/mol. The van der Waals surface area contributed by atoms with Crippen molar-refractivity contribution >= 4 is 17.2 Å². The molecule has 1 unspecified atom stereocenters. The summed E-state index contributed by atoms with van der Waals surface area (Å²) in [6, 6.07) is 0. The quantitative estimate of drug-likeness (QED) is 0.903. The smallest absolute Gasteiger partial charge is 0.243 e. The molecule has 0 saturated carbocycles. The Morgan fingerprint density at radius 1 is 1.42 bits per heavy atom. The third-order valence-electron chi connectivity index (χ3n) is 4.04. The summed E-state index contributed by atoms with van der Waals surface area (Å²) in [5.74, 6) is 0.174. The number of aromatic nitrogens is 1. The number of fused-ring (bicyclic) bond motifs is 1. The van der Waals surface area contributed by atoms with Gasteiger partial charge in [-0.3, -0.25) is 10.1 Å². The molecule has 0 radical (unpaired) electrons. The van der Waals surface area contributed by atoms with E-state index in [4.69, 9.17) is 4.98 Å². The summed E-state index contributed by atoms with van der Waals surface area (Å²) in [4.78, 5) is 20.5. The number of nitrogens with one attached hydrogen (secondary N) is 1. The van der Waals surface area contributed by atoms with Gasteiger partial charge in [0, 0.05) is 11.4 Å². The predicted octanol–water partition coefficient (Wildman–Crippen LogP) is 2.25. The molecule has 1 N–H and O–H groups in total. The minimum absolute atomic E-state index is 0.0388. The van der Waals surface area contributed by atoms with E-state index in [0.717, 1.165) is 24.4 Å². The van der Waals surface area contributed by atoms with Crippen LogP contribution in [-0.4, -0.2) is 27.9 Å². The SMILES string of the molecule is CCN1C(=O)C(C)(C)NC1c1nc2c(s1)CCCC2. The molecule has 104 valence electrons. The fourth-order valence-electron chi connectivity index (χ4n) is 2.97. The number of amides is 1. The lowest BCUT2D eigenvalue weighted by Crippen LogP contribution is -2.40. The molecule has 1 fully saturated rings. The Hall–Kier alpha value is -0.940. The van der Waals surface area contributed by atoms with Gasteiger partial charge in [-0.2, -0.15) is 0 Å². The summed E-state index contributed by atoms with van der Waals surface area (Å²) in [5, 5.41) is 4.49. The van der Waals surface area contributed by atoms with Crippen LogP contribution in [0.4, 0.5) is 0 Å². The Bertz CT molecular complexity index is 485. The molecule has 1 saturated heterocycles. The fourth-order valence-corrected chi connectivity index (χ4v) is 4.19. The summed E-state index contributed by atoms with van der Waals surface area (Å²) < 4.78 is 0. The molecule has 1 atom stereocenters. The zero-order valence-corrected chi connectivity index (χ0v) is 12.6. The molecule has 3 rings (SSSR count). The van der Waals surface area contributed by atoms with Gasteiger partial charge in [0.05, 0.1) is 11.2 Å². The van der Waals surface area contributed by atoms with E-state index < -0.39 is 5.54 Å². The van der Waals surface area contributed by atoms with E-state index in [0.29, 0.717) is 0 Å². The maximum atomic E-state index is 12.3. The highest BCUT2D eigenvalue weighted by Crippen LogP contribution is 2.35. The third kappa shape index (κ3) is 2.09. The highest BCUT2D eigenvalue weighted by Gasteiger charge is 2.45. The molecule has 1 aromatic heterocycles. The number of likely N-dealkylation sites (N-methyl/N-ethyl adjacent to an activating group) is 1. The lowest BCUT2D eigenvalue weighted by Gasteiger charge is -2.20. The largest absolute Gasteiger partial charge is 0.319 e. The Morgan fingerprint density at radius 2 is 2.16 bits per heavy atom. The van der Waals surface area contributed by atoms with Crippen LogP contribution in [0, 0.1) is 0 Å². The highest BCUT2D eigenvalue weighted by atomic mass is 32.1. The molecule has 1 amide bonds. The second-order valence-corrected chi connectivity index (χ2v) is 7.01. The third-order valence-corrected chi connectivity index (χ3v) is 5.25. The first-order valence-electron chi connectivity index (χ1n) is 7.10. The molecule has 0 spiro atoms. The molecule has 1 aliphatic heterocycles. The van der Waals surface area contributed by atoms with Gasteiger partial charge in [-0.25, -0.2) is 4.98 Å². The van der Waals surface area contributed by atoms with Crippen molar-refractivity contribution in [1.82, 2.24) is 15.2 Å². The van der Waals surface area contributed by atoms with Gasteiger partial charge in [-0.1, -0.05) is 0 Å². The number of rotatable bonds is 2. The van der Waals surface area contributed by atoms with Crippen molar-refractivity contribution in [2.75, 3.05) is 6.54 Å². The topological polar surface area (TPSA) is 45.2 Å². The van der Waals surface area contributed by atoms with Crippen LogP contribution in [0.5, 0.6) is 0 Å². The van der Waals surface area contributed by atoms with Crippen molar-refractivity contribution in [2.24, 2.45) is 0 Å². The van der Waals surface area contributed by atoms with Gasteiger partial charge in [0.2, 0.25) is 5.91 Å². The molecule has 0 aromatic carbocycles. The van der Waals surface area contributed by atoms with E-state index >= 15 is 0 Å². The number of nitrogens with zero attached hydrogens (tertiary/aromatic N) is 2. The van der Waals surface area contributed by atoms with E-state index in [-0.39, 0.29) is 12.1 Å². The molecule has 2 heterocycles. The molecule has 5 heteroatoms. The maximum absolute atomic E-state index is 12.3. The van der Waals surface area contributed by atoms with Gasteiger partial charge in [0.15, 0.2) is 0 Å². The number of aryl methyl sites for hydroxylation is 2. The van der Waals surface area contributed by atoms with Gasteiger partial charge in [0.1, 0.15) is 11.2 Å². The molecule has 0 bridgehead atoms. The van der Waals surface area contributed by atoms with E-state index in [1.165, 1.54) is 23.4 Å². The summed E-state index contributed by atoms with van der Waals surface area (Å²) >= 11 is 1.79. The second-order valence-electron chi connectivity index (χ2n) is 5.89. The van der Waals surface area contributed by atoms with Crippen LogP contribution in [0.15, 0.2) is 0 Å². The van der Waals surface area contributed by atoms with Crippen LogP contribution < -0.4 is 5.32 Å². The Labute approximate surface area is 118 Å². The lowest BCUT2D eigenvalue weighted by molar-refractivity contribution is -0.132. The van der Waals surface area contributed by atoms with Crippen molar-refractivity contribution in [3.8, 4) is 0 Å². The molecular weight excluding hydrogens is 258 g/mol. The predicted molar refractivity (Wildman–Crippen MR) is 76.1 cm³/mol. The summed E-state index contributed by atoms with van der Waals surface area (Å²) in [6.07, 6.45) is 4.74. The molecule has 1 aromatic rings. The number of thiazole rings is 1. The average Bonchev–Trinajstić information content (AvgIpc) is 2.90. The lowest BCUT2D eigenvalue weighted by atomic mass is 10.0. The van der Waals surface area contributed by atoms with E-state index in [2.05, 4.69) is 5.32 Å². The van der Waals surface area contributed by atoms with Crippen LogP contribution in [0.2, 0.25) is 0 Å². The first-order chi connectivity index (χ1) is 9.03.